The Bertz CT molecular complexity index is 600. The lowest BCUT2D eigenvalue weighted by Gasteiger charge is -2.25. The summed E-state index contributed by atoms with van der Waals surface area (Å²) < 4.78 is 4.70. The molecular formula is C18H24N2O4. The molecule has 2 amide bonds. The lowest BCUT2D eigenvalue weighted by atomic mass is 10.1. The number of nitrogens with zero attached hydrogens (tertiary/aromatic N) is 2. The molecule has 0 bridgehead atoms. The van der Waals surface area contributed by atoms with E-state index in [0.717, 1.165) is 5.56 Å². The summed E-state index contributed by atoms with van der Waals surface area (Å²) in [6.45, 7) is 4.47. The minimum atomic E-state index is -0.468. The molecule has 1 fully saturated rings. The van der Waals surface area contributed by atoms with Crippen molar-refractivity contribution >= 4 is 17.8 Å². The number of amides is 2. The van der Waals surface area contributed by atoms with Crippen LogP contribution in [0.3, 0.4) is 0 Å². The van der Waals surface area contributed by atoms with E-state index in [9.17, 15) is 14.4 Å². The van der Waals surface area contributed by atoms with Gasteiger partial charge in [0.15, 0.2) is 0 Å². The zero-order valence-corrected chi connectivity index (χ0v) is 14.4. The monoisotopic (exact) mass is 332 g/mol. The predicted molar refractivity (Wildman–Crippen MR) is 88.8 cm³/mol. The van der Waals surface area contributed by atoms with Crippen LogP contribution in [0.25, 0.3) is 0 Å². The molecule has 2 rings (SSSR count). The quantitative estimate of drug-likeness (QED) is 0.740. The van der Waals surface area contributed by atoms with Crippen LogP contribution in [-0.2, 0) is 25.7 Å². The van der Waals surface area contributed by atoms with Gasteiger partial charge >= 0.3 is 5.97 Å². The summed E-state index contributed by atoms with van der Waals surface area (Å²) in [6, 6.07) is 9.53. The SMILES string of the molecule is COC(=O)CN(Cc1ccccc1)C(=O)C1CC(=O)N(C(C)C)C1. The van der Waals surface area contributed by atoms with Crippen LogP contribution in [0.1, 0.15) is 25.8 Å². The number of hydrogen-bond acceptors (Lipinski definition) is 4. The molecule has 1 aromatic carbocycles. The molecule has 1 aromatic rings. The first-order chi connectivity index (χ1) is 11.4. The van der Waals surface area contributed by atoms with E-state index in [1.165, 1.54) is 12.0 Å². The van der Waals surface area contributed by atoms with Gasteiger partial charge in [-0.3, -0.25) is 14.4 Å². The van der Waals surface area contributed by atoms with Crippen molar-refractivity contribution in [2.75, 3.05) is 20.2 Å². The number of esters is 1. The van der Waals surface area contributed by atoms with E-state index in [1.54, 1.807) is 4.90 Å². The van der Waals surface area contributed by atoms with Crippen molar-refractivity contribution in [3.05, 3.63) is 35.9 Å². The normalized spacial score (nSPS) is 17.2. The van der Waals surface area contributed by atoms with Gasteiger partial charge in [0.2, 0.25) is 11.8 Å². The van der Waals surface area contributed by atoms with E-state index in [2.05, 4.69) is 0 Å². The van der Waals surface area contributed by atoms with Crippen LogP contribution in [0.5, 0.6) is 0 Å². The Kier molecular flexibility index (Phi) is 5.95. The Labute approximate surface area is 142 Å². The summed E-state index contributed by atoms with van der Waals surface area (Å²) >= 11 is 0. The van der Waals surface area contributed by atoms with Crippen LogP contribution in [0.15, 0.2) is 30.3 Å². The minimum absolute atomic E-state index is 0.0129. The van der Waals surface area contributed by atoms with Crippen molar-refractivity contribution < 1.29 is 19.1 Å². The molecule has 0 spiro atoms. The topological polar surface area (TPSA) is 66.9 Å². The Hall–Kier alpha value is -2.37. The van der Waals surface area contributed by atoms with Gasteiger partial charge in [0, 0.05) is 25.6 Å². The van der Waals surface area contributed by atoms with Crippen molar-refractivity contribution in [2.24, 2.45) is 5.92 Å². The molecule has 24 heavy (non-hydrogen) atoms. The van der Waals surface area contributed by atoms with Gasteiger partial charge in [-0.1, -0.05) is 30.3 Å². The number of carbonyl (C=O) groups is 3. The summed E-state index contributed by atoms with van der Waals surface area (Å²) in [5, 5.41) is 0. The number of methoxy groups -OCH3 is 1. The summed E-state index contributed by atoms with van der Waals surface area (Å²) in [6.07, 6.45) is 0.198. The summed E-state index contributed by atoms with van der Waals surface area (Å²) in [4.78, 5) is 39.8. The van der Waals surface area contributed by atoms with E-state index in [4.69, 9.17) is 4.74 Å². The lowest BCUT2D eigenvalue weighted by Crippen LogP contribution is -2.41. The van der Waals surface area contributed by atoms with Crippen molar-refractivity contribution in [3.8, 4) is 0 Å². The third-order valence-corrected chi connectivity index (χ3v) is 4.21. The number of benzene rings is 1. The van der Waals surface area contributed by atoms with Crippen LogP contribution in [0.4, 0.5) is 0 Å². The van der Waals surface area contributed by atoms with E-state index >= 15 is 0 Å². The van der Waals surface area contributed by atoms with Crippen molar-refractivity contribution in [1.82, 2.24) is 9.80 Å². The van der Waals surface area contributed by atoms with Crippen molar-refractivity contribution in [1.29, 1.82) is 0 Å². The number of likely N-dealkylation sites (tertiary alicyclic amines) is 1. The van der Waals surface area contributed by atoms with Gasteiger partial charge in [-0.15, -0.1) is 0 Å². The van der Waals surface area contributed by atoms with Gasteiger partial charge in [0.25, 0.3) is 0 Å². The molecule has 6 heteroatoms. The third kappa shape index (κ3) is 4.34. The van der Waals surface area contributed by atoms with Gasteiger partial charge < -0.3 is 14.5 Å². The Morgan fingerprint density at radius 1 is 1.29 bits per heavy atom. The zero-order valence-electron chi connectivity index (χ0n) is 14.4. The molecule has 1 unspecified atom stereocenters. The standard InChI is InChI=1S/C18H24N2O4/c1-13(2)20-11-15(9-16(20)21)18(23)19(12-17(22)24-3)10-14-7-5-4-6-8-14/h4-8,13,15H,9-12H2,1-3H3. The molecular weight excluding hydrogens is 308 g/mol. The second kappa shape index (κ2) is 7.95. The van der Waals surface area contributed by atoms with E-state index in [-0.39, 0.29) is 30.8 Å². The molecule has 1 aliphatic heterocycles. The third-order valence-electron chi connectivity index (χ3n) is 4.21. The molecule has 0 saturated carbocycles. The number of ether oxygens (including phenoxy) is 1. The largest absolute Gasteiger partial charge is 0.468 e. The Morgan fingerprint density at radius 3 is 2.50 bits per heavy atom. The number of carbonyl (C=O) groups excluding carboxylic acids is 3. The van der Waals surface area contributed by atoms with Crippen LogP contribution in [0.2, 0.25) is 0 Å². The predicted octanol–water partition coefficient (Wildman–Crippen LogP) is 1.45. The maximum Gasteiger partial charge on any atom is 0.325 e. The summed E-state index contributed by atoms with van der Waals surface area (Å²) in [5.74, 6) is -1.07. The zero-order chi connectivity index (χ0) is 17.7. The fourth-order valence-corrected chi connectivity index (χ4v) is 2.89. The first-order valence-corrected chi connectivity index (χ1v) is 8.11. The Morgan fingerprint density at radius 2 is 1.96 bits per heavy atom. The molecule has 130 valence electrons. The van der Waals surface area contributed by atoms with E-state index in [1.807, 2.05) is 44.2 Å². The van der Waals surface area contributed by atoms with Gasteiger partial charge in [-0.05, 0) is 19.4 Å². The van der Waals surface area contributed by atoms with Gasteiger partial charge in [-0.2, -0.15) is 0 Å². The highest BCUT2D eigenvalue weighted by Gasteiger charge is 2.37. The molecule has 1 saturated heterocycles. The average Bonchev–Trinajstić information content (AvgIpc) is 2.96. The second-order valence-electron chi connectivity index (χ2n) is 6.30. The number of hydrogen-bond donors (Lipinski definition) is 0. The van der Waals surface area contributed by atoms with Crippen LogP contribution in [0, 0.1) is 5.92 Å². The first kappa shape index (κ1) is 18.0. The fourth-order valence-electron chi connectivity index (χ4n) is 2.89. The highest BCUT2D eigenvalue weighted by molar-refractivity contribution is 5.90. The maximum absolute atomic E-state index is 12.9. The summed E-state index contributed by atoms with van der Waals surface area (Å²) in [5.41, 5.74) is 0.930. The second-order valence-corrected chi connectivity index (χ2v) is 6.30. The molecule has 6 nitrogen and oxygen atoms in total. The van der Waals surface area contributed by atoms with Crippen molar-refractivity contribution in [3.63, 3.8) is 0 Å². The smallest absolute Gasteiger partial charge is 0.325 e. The first-order valence-electron chi connectivity index (χ1n) is 8.11. The van der Waals surface area contributed by atoms with Crippen molar-refractivity contribution in [2.45, 2.75) is 32.9 Å². The summed E-state index contributed by atoms with van der Waals surface area (Å²) in [7, 11) is 1.30. The molecule has 1 aliphatic rings. The number of rotatable bonds is 6. The average molecular weight is 332 g/mol. The molecule has 0 radical (unpaired) electrons. The van der Waals surface area contributed by atoms with Gasteiger partial charge in [0.1, 0.15) is 6.54 Å². The van der Waals surface area contributed by atoms with E-state index < -0.39 is 11.9 Å². The van der Waals surface area contributed by atoms with Crippen LogP contribution in [-0.4, -0.2) is 53.8 Å². The maximum atomic E-state index is 12.9. The molecule has 0 aromatic heterocycles. The minimum Gasteiger partial charge on any atom is -0.468 e. The van der Waals surface area contributed by atoms with Gasteiger partial charge in [-0.25, -0.2) is 0 Å². The van der Waals surface area contributed by atoms with Gasteiger partial charge in [0.05, 0.1) is 13.0 Å². The van der Waals surface area contributed by atoms with Crippen LogP contribution >= 0.6 is 0 Å². The lowest BCUT2D eigenvalue weighted by molar-refractivity contribution is -0.148. The van der Waals surface area contributed by atoms with E-state index in [0.29, 0.717) is 13.1 Å². The fraction of sp³-hybridized carbons (Fsp3) is 0.500. The molecule has 0 aliphatic carbocycles. The van der Waals surface area contributed by atoms with Crippen LogP contribution < -0.4 is 0 Å². The Balaban J connectivity index is 2.12. The highest BCUT2D eigenvalue weighted by atomic mass is 16.5. The molecule has 1 atom stereocenters. The molecule has 0 N–H and O–H groups in total. The molecule has 1 heterocycles. The highest BCUT2D eigenvalue weighted by Crippen LogP contribution is 2.23.